The van der Waals surface area contributed by atoms with Gasteiger partial charge in [-0.1, -0.05) is 66.7 Å². The maximum absolute atomic E-state index is 12.9. The van der Waals surface area contributed by atoms with Crippen LogP contribution in [0.3, 0.4) is 0 Å². The monoisotopic (exact) mass is 491 g/mol. The van der Waals surface area contributed by atoms with E-state index in [1.165, 1.54) is 11.8 Å². The van der Waals surface area contributed by atoms with Crippen LogP contribution in [0.5, 0.6) is 0 Å². The molecule has 6 heteroatoms. The van der Waals surface area contributed by atoms with Crippen LogP contribution in [-0.2, 0) is 14.6 Å². The Morgan fingerprint density at radius 3 is 2.14 bits per heavy atom. The van der Waals surface area contributed by atoms with E-state index in [4.69, 9.17) is 4.74 Å². The van der Waals surface area contributed by atoms with Crippen molar-refractivity contribution in [2.24, 2.45) is 0 Å². The van der Waals surface area contributed by atoms with Crippen molar-refractivity contribution < 1.29 is 17.9 Å². The van der Waals surface area contributed by atoms with Gasteiger partial charge in [0.2, 0.25) is 0 Å². The van der Waals surface area contributed by atoms with Gasteiger partial charge in [0.1, 0.15) is 5.60 Å². The summed E-state index contributed by atoms with van der Waals surface area (Å²) in [5.74, 6) is 0.337. The molecule has 1 heterocycles. The minimum atomic E-state index is -3.30. The Bertz CT molecular complexity index is 1300. The summed E-state index contributed by atoms with van der Waals surface area (Å²) >= 11 is 0. The summed E-state index contributed by atoms with van der Waals surface area (Å²) in [4.78, 5) is 15.0. The molecule has 0 spiro atoms. The Kier molecular flexibility index (Phi) is 7.04. The molecule has 0 saturated carbocycles. The summed E-state index contributed by atoms with van der Waals surface area (Å²) in [5.41, 5.74) is 3.63. The first-order valence-electron chi connectivity index (χ1n) is 11.9. The highest BCUT2D eigenvalue weighted by atomic mass is 32.2. The maximum Gasteiger partial charge on any atom is 0.410 e. The van der Waals surface area contributed by atoms with Crippen molar-refractivity contribution in [3.05, 3.63) is 90.0 Å². The van der Waals surface area contributed by atoms with Gasteiger partial charge in [-0.05, 0) is 67.5 Å². The zero-order chi connectivity index (χ0) is 25.2. The van der Waals surface area contributed by atoms with E-state index in [-0.39, 0.29) is 17.9 Å². The fourth-order valence-corrected chi connectivity index (χ4v) is 5.40. The van der Waals surface area contributed by atoms with E-state index in [0.717, 1.165) is 23.1 Å². The number of piperidine rings is 1. The maximum atomic E-state index is 12.9. The molecule has 0 aliphatic carbocycles. The van der Waals surface area contributed by atoms with Gasteiger partial charge in [-0.25, -0.2) is 13.2 Å². The van der Waals surface area contributed by atoms with Crippen LogP contribution in [0.25, 0.3) is 11.1 Å². The largest absolute Gasteiger partial charge is 0.444 e. The lowest BCUT2D eigenvalue weighted by Crippen LogP contribution is -2.44. The Morgan fingerprint density at radius 2 is 1.49 bits per heavy atom. The summed E-state index contributed by atoms with van der Waals surface area (Å²) in [6.07, 6.45) is 1.77. The Balaban J connectivity index is 1.70. The SMILES string of the molecule is CC(C)(C)OC(=O)N1CC[C@H](c2ccccc2)[C@@H](c2cccc(-c3cccc(S(C)(=O)=O)c3)c2)C1. The highest BCUT2D eigenvalue weighted by molar-refractivity contribution is 7.90. The lowest BCUT2D eigenvalue weighted by Gasteiger charge is -2.39. The average molecular weight is 492 g/mol. The van der Waals surface area contributed by atoms with Crippen molar-refractivity contribution in [2.45, 2.75) is 49.5 Å². The van der Waals surface area contributed by atoms with Crippen molar-refractivity contribution in [3.63, 3.8) is 0 Å². The molecular formula is C29H33NO4S. The molecule has 0 radical (unpaired) electrons. The standard InChI is InChI=1S/C29H33NO4S/c1-29(2,3)34-28(31)30-17-16-26(21-10-6-5-7-11-21)27(20-30)24-14-8-12-22(18-24)23-13-9-15-25(19-23)35(4,32)33/h5-15,18-19,26-27H,16-17,20H2,1-4H3/t26-,27-/m1/s1. The molecule has 0 N–H and O–H groups in total. The first-order valence-corrected chi connectivity index (χ1v) is 13.8. The van der Waals surface area contributed by atoms with Gasteiger partial charge in [-0.15, -0.1) is 0 Å². The molecule has 3 aromatic carbocycles. The fraction of sp³-hybridized carbons (Fsp3) is 0.345. The molecule has 5 nitrogen and oxygen atoms in total. The normalized spacial score (nSPS) is 18.8. The minimum Gasteiger partial charge on any atom is -0.444 e. The average Bonchev–Trinajstić information content (AvgIpc) is 2.83. The quantitative estimate of drug-likeness (QED) is 0.432. The highest BCUT2D eigenvalue weighted by Crippen LogP contribution is 2.41. The molecule has 1 aliphatic heterocycles. The van der Waals surface area contributed by atoms with E-state index in [1.54, 1.807) is 18.2 Å². The predicted molar refractivity (Wildman–Crippen MR) is 139 cm³/mol. The van der Waals surface area contributed by atoms with Gasteiger partial charge in [0.25, 0.3) is 0 Å². The van der Waals surface area contributed by atoms with Crippen LogP contribution < -0.4 is 0 Å². The van der Waals surface area contributed by atoms with E-state index in [2.05, 4.69) is 36.4 Å². The third kappa shape index (κ3) is 6.12. The Morgan fingerprint density at radius 1 is 0.857 bits per heavy atom. The van der Waals surface area contributed by atoms with Crippen LogP contribution in [0.2, 0.25) is 0 Å². The van der Waals surface area contributed by atoms with Crippen molar-refractivity contribution in [1.82, 2.24) is 4.90 Å². The number of benzene rings is 3. The smallest absolute Gasteiger partial charge is 0.410 e. The van der Waals surface area contributed by atoms with E-state index in [1.807, 2.05) is 49.9 Å². The van der Waals surface area contributed by atoms with Crippen molar-refractivity contribution in [3.8, 4) is 11.1 Å². The fourth-order valence-electron chi connectivity index (χ4n) is 4.74. The number of sulfone groups is 1. The van der Waals surface area contributed by atoms with Crippen LogP contribution in [0.4, 0.5) is 4.79 Å². The Labute approximate surface area is 208 Å². The van der Waals surface area contributed by atoms with Crippen molar-refractivity contribution >= 4 is 15.9 Å². The summed E-state index contributed by atoms with van der Waals surface area (Å²) in [6, 6.07) is 25.7. The third-order valence-electron chi connectivity index (χ3n) is 6.40. The van der Waals surface area contributed by atoms with Gasteiger partial charge < -0.3 is 9.64 Å². The Hall–Kier alpha value is -3.12. The number of nitrogens with zero attached hydrogens (tertiary/aromatic N) is 1. The number of amides is 1. The zero-order valence-electron chi connectivity index (χ0n) is 20.8. The molecule has 3 aromatic rings. The lowest BCUT2D eigenvalue weighted by atomic mass is 9.76. The number of rotatable bonds is 4. The first kappa shape index (κ1) is 25.0. The summed E-state index contributed by atoms with van der Waals surface area (Å²) in [6.45, 7) is 6.84. The van der Waals surface area contributed by atoms with Gasteiger partial charge in [0, 0.05) is 25.3 Å². The zero-order valence-corrected chi connectivity index (χ0v) is 21.6. The van der Waals surface area contributed by atoms with E-state index in [0.29, 0.717) is 18.0 Å². The van der Waals surface area contributed by atoms with Gasteiger partial charge >= 0.3 is 6.09 Å². The van der Waals surface area contributed by atoms with Gasteiger partial charge in [-0.2, -0.15) is 0 Å². The van der Waals surface area contributed by atoms with E-state index in [9.17, 15) is 13.2 Å². The van der Waals surface area contributed by atoms with E-state index < -0.39 is 15.4 Å². The molecule has 0 bridgehead atoms. The van der Waals surface area contributed by atoms with Crippen molar-refractivity contribution in [1.29, 1.82) is 0 Å². The molecule has 4 rings (SSSR count). The molecule has 1 fully saturated rings. The summed E-state index contributed by atoms with van der Waals surface area (Å²) in [5, 5.41) is 0. The molecule has 1 amide bonds. The van der Waals surface area contributed by atoms with Crippen LogP contribution in [-0.4, -0.2) is 44.4 Å². The molecule has 2 atom stereocenters. The topological polar surface area (TPSA) is 63.7 Å². The second-order valence-corrected chi connectivity index (χ2v) is 12.3. The minimum absolute atomic E-state index is 0.0803. The van der Waals surface area contributed by atoms with Crippen LogP contribution in [0.1, 0.15) is 50.2 Å². The number of hydrogen-bond acceptors (Lipinski definition) is 4. The second-order valence-electron chi connectivity index (χ2n) is 10.3. The number of carbonyl (C=O) groups is 1. The molecular weight excluding hydrogens is 458 g/mol. The lowest BCUT2D eigenvalue weighted by molar-refractivity contribution is 0.0184. The van der Waals surface area contributed by atoms with E-state index >= 15 is 0 Å². The first-order chi connectivity index (χ1) is 16.5. The van der Waals surface area contributed by atoms with Gasteiger partial charge in [0.05, 0.1) is 4.90 Å². The molecule has 184 valence electrons. The number of ether oxygens (including phenoxy) is 1. The third-order valence-corrected chi connectivity index (χ3v) is 7.51. The molecule has 35 heavy (non-hydrogen) atoms. The van der Waals surface area contributed by atoms with Crippen molar-refractivity contribution in [2.75, 3.05) is 19.3 Å². The van der Waals surface area contributed by atoms with Crippen LogP contribution in [0.15, 0.2) is 83.8 Å². The molecule has 1 aliphatic rings. The number of likely N-dealkylation sites (tertiary alicyclic amines) is 1. The van der Waals surface area contributed by atoms with Crippen LogP contribution >= 0.6 is 0 Å². The highest BCUT2D eigenvalue weighted by Gasteiger charge is 2.35. The molecule has 0 unspecified atom stereocenters. The number of hydrogen-bond donors (Lipinski definition) is 0. The predicted octanol–water partition coefficient (Wildman–Crippen LogP) is 6.27. The number of carbonyl (C=O) groups excluding carboxylic acids is 1. The summed E-state index contributed by atoms with van der Waals surface area (Å²) in [7, 11) is -3.30. The summed E-state index contributed by atoms with van der Waals surface area (Å²) < 4.78 is 29.8. The van der Waals surface area contributed by atoms with Gasteiger partial charge in [0.15, 0.2) is 9.84 Å². The van der Waals surface area contributed by atoms with Crippen LogP contribution in [0, 0.1) is 0 Å². The second kappa shape index (κ2) is 9.86. The van der Waals surface area contributed by atoms with Gasteiger partial charge in [-0.3, -0.25) is 0 Å². The molecule has 1 saturated heterocycles. The molecule has 0 aromatic heterocycles.